The lowest BCUT2D eigenvalue weighted by Gasteiger charge is -2.29. The average molecular weight is 420 g/mol. The Bertz CT molecular complexity index is 1310. The van der Waals surface area contributed by atoms with Gasteiger partial charge in [0.25, 0.3) is 5.56 Å². The third kappa shape index (κ3) is 2.52. The van der Waals surface area contributed by atoms with E-state index in [0.717, 1.165) is 32.1 Å². The van der Waals surface area contributed by atoms with Crippen LogP contribution < -0.4 is 16.6 Å². The van der Waals surface area contributed by atoms with Gasteiger partial charge in [0.2, 0.25) is 0 Å². The molecule has 3 N–H and O–H groups in total. The molecule has 1 unspecified atom stereocenters. The van der Waals surface area contributed by atoms with Crippen molar-refractivity contribution in [1.82, 2.24) is 9.97 Å². The predicted octanol–water partition coefficient (Wildman–Crippen LogP) is 4.22. The summed E-state index contributed by atoms with van der Waals surface area (Å²) in [5.74, 6) is 0.162. The molecule has 132 valence electrons. The standard InChI is InChI=1S/C21H14BrN3O2/c22-13-8-5-12(6-9-13)16-15-10-7-11-3-1-2-4-14(11)18(15)23-19-17(16)20(26)25-21(27)24-19/h1-10,16H,(H3,23,24,25,26,27). The van der Waals surface area contributed by atoms with E-state index in [1.165, 1.54) is 0 Å². The molecule has 3 aromatic carbocycles. The highest BCUT2D eigenvalue weighted by Crippen LogP contribution is 2.45. The zero-order valence-electron chi connectivity index (χ0n) is 14.0. The van der Waals surface area contributed by atoms with E-state index in [4.69, 9.17) is 0 Å². The predicted molar refractivity (Wildman–Crippen MR) is 110 cm³/mol. The van der Waals surface area contributed by atoms with Crippen LogP contribution in [0.1, 0.15) is 22.6 Å². The summed E-state index contributed by atoms with van der Waals surface area (Å²) < 4.78 is 0.967. The van der Waals surface area contributed by atoms with Crippen LogP contribution >= 0.6 is 15.9 Å². The zero-order chi connectivity index (χ0) is 18.5. The van der Waals surface area contributed by atoms with Gasteiger partial charge in [-0.05, 0) is 28.6 Å². The Morgan fingerprint density at radius 2 is 1.63 bits per heavy atom. The highest BCUT2D eigenvalue weighted by Gasteiger charge is 2.31. The largest absolute Gasteiger partial charge is 0.341 e. The second kappa shape index (κ2) is 5.96. The van der Waals surface area contributed by atoms with E-state index in [2.05, 4.69) is 37.3 Å². The van der Waals surface area contributed by atoms with Crippen molar-refractivity contribution in [3.63, 3.8) is 0 Å². The topological polar surface area (TPSA) is 77.8 Å². The van der Waals surface area contributed by atoms with Crippen LogP contribution in [-0.4, -0.2) is 9.97 Å². The highest BCUT2D eigenvalue weighted by atomic mass is 79.9. The average Bonchev–Trinajstić information content (AvgIpc) is 2.67. The quantitative estimate of drug-likeness (QED) is 0.380. The zero-order valence-corrected chi connectivity index (χ0v) is 15.6. The number of H-pyrrole nitrogens is 2. The summed E-state index contributed by atoms with van der Waals surface area (Å²) in [5.41, 5.74) is 2.50. The van der Waals surface area contributed by atoms with Gasteiger partial charge in [-0.2, -0.15) is 0 Å². The van der Waals surface area contributed by atoms with Gasteiger partial charge in [0.1, 0.15) is 5.82 Å². The number of aromatic nitrogens is 2. The van der Waals surface area contributed by atoms with Crippen molar-refractivity contribution < 1.29 is 0 Å². The number of fused-ring (bicyclic) bond motifs is 4. The lowest BCUT2D eigenvalue weighted by Crippen LogP contribution is -2.31. The molecule has 5 rings (SSSR count). The number of anilines is 2. The van der Waals surface area contributed by atoms with Gasteiger partial charge in [0.05, 0.1) is 11.3 Å². The van der Waals surface area contributed by atoms with Crippen molar-refractivity contribution in [2.45, 2.75) is 5.92 Å². The van der Waals surface area contributed by atoms with Crippen LogP contribution in [0.4, 0.5) is 11.5 Å². The molecule has 2 heterocycles. The monoisotopic (exact) mass is 419 g/mol. The van der Waals surface area contributed by atoms with Crippen molar-refractivity contribution in [2.75, 3.05) is 5.32 Å². The van der Waals surface area contributed by atoms with Gasteiger partial charge in [-0.15, -0.1) is 0 Å². The minimum Gasteiger partial charge on any atom is -0.341 e. The second-order valence-corrected chi connectivity index (χ2v) is 7.47. The van der Waals surface area contributed by atoms with Gasteiger partial charge >= 0.3 is 5.69 Å². The van der Waals surface area contributed by atoms with Crippen LogP contribution in [-0.2, 0) is 0 Å². The lowest BCUT2D eigenvalue weighted by molar-refractivity contribution is 0.889. The lowest BCUT2D eigenvalue weighted by atomic mass is 9.81. The summed E-state index contributed by atoms with van der Waals surface area (Å²) in [6, 6.07) is 20.1. The maximum Gasteiger partial charge on any atom is 0.327 e. The van der Waals surface area contributed by atoms with E-state index in [0.29, 0.717) is 11.4 Å². The Labute approximate surface area is 162 Å². The van der Waals surface area contributed by atoms with Crippen molar-refractivity contribution in [2.24, 2.45) is 0 Å². The maximum atomic E-state index is 12.7. The molecule has 4 aromatic rings. The smallest absolute Gasteiger partial charge is 0.327 e. The summed E-state index contributed by atoms with van der Waals surface area (Å²) in [6.07, 6.45) is 0. The van der Waals surface area contributed by atoms with E-state index in [1.54, 1.807) is 0 Å². The molecule has 0 fully saturated rings. The first-order valence-electron chi connectivity index (χ1n) is 8.52. The van der Waals surface area contributed by atoms with Crippen molar-refractivity contribution >= 4 is 38.2 Å². The van der Waals surface area contributed by atoms with Gasteiger partial charge in [-0.3, -0.25) is 14.8 Å². The van der Waals surface area contributed by atoms with E-state index < -0.39 is 5.69 Å². The van der Waals surface area contributed by atoms with E-state index >= 15 is 0 Å². The molecule has 1 atom stereocenters. The molecule has 0 bridgehead atoms. The third-order valence-electron chi connectivity index (χ3n) is 4.99. The van der Waals surface area contributed by atoms with Crippen LogP contribution in [0.15, 0.2) is 74.7 Å². The third-order valence-corrected chi connectivity index (χ3v) is 5.52. The Kier molecular flexibility index (Phi) is 3.55. The van der Waals surface area contributed by atoms with Crippen molar-refractivity contribution in [3.8, 4) is 0 Å². The summed E-state index contributed by atoms with van der Waals surface area (Å²) in [4.78, 5) is 29.7. The fraction of sp³-hybridized carbons (Fsp3) is 0.0476. The molecule has 6 heteroatoms. The summed E-state index contributed by atoms with van der Waals surface area (Å²) in [6.45, 7) is 0. The number of hydrogen-bond acceptors (Lipinski definition) is 3. The molecule has 1 aromatic heterocycles. The number of hydrogen-bond donors (Lipinski definition) is 3. The van der Waals surface area contributed by atoms with Gasteiger partial charge in [0.15, 0.2) is 0 Å². The van der Waals surface area contributed by atoms with Crippen LogP contribution in [0.2, 0.25) is 0 Å². The minimum absolute atomic E-state index is 0.283. The molecule has 0 spiro atoms. The Hall–Kier alpha value is -3.12. The van der Waals surface area contributed by atoms with Crippen molar-refractivity contribution in [1.29, 1.82) is 0 Å². The number of halogens is 1. The first kappa shape index (κ1) is 16.1. The number of rotatable bonds is 1. The first-order chi connectivity index (χ1) is 13.1. The number of nitrogens with one attached hydrogen (secondary N) is 3. The first-order valence-corrected chi connectivity index (χ1v) is 9.32. The normalized spacial score (nSPS) is 15.1. The van der Waals surface area contributed by atoms with Gasteiger partial charge in [-0.25, -0.2) is 4.79 Å². The highest BCUT2D eigenvalue weighted by molar-refractivity contribution is 9.10. The molecule has 1 aliphatic rings. The Morgan fingerprint density at radius 1 is 0.852 bits per heavy atom. The summed E-state index contributed by atoms with van der Waals surface area (Å²) in [7, 11) is 0. The van der Waals surface area contributed by atoms with Crippen LogP contribution in [0.5, 0.6) is 0 Å². The van der Waals surface area contributed by atoms with Crippen LogP contribution in [0.25, 0.3) is 10.8 Å². The molecule has 0 aliphatic carbocycles. The summed E-state index contributed by atoms with van der Waals surface area (Å²) >= 11 is 3.46. The molecule has 0 saturated heterocycles. The SMILES string of the molecule is O=c1[nH]c2c(c(=O)[nH]1)C(c1ccc(Br)cc1)c1ccc3ccccc3c1N2. The maximum absolute atomic E-state index is 12.7. The number of benzene rings is 3. The van der Waals surface area contributed by atoms with Crippen LogP contribution in [0.3, 0.4) is 0 Å². The Morgan fingerprint density at radius 3 is 2.44 bits per heavy atom. The Balaban J connectivity index is 1.87. The molecule has 0 saturated carbocycles. The molecular formula is C21H14BrN3O2. The molecule has 0 radical (unpaired) electrons. The van der Waals surface area contributed by atoms with E-state index in [9.17, 15) is 9.59 Å². The minimum atomic E-state index is -0.524. The molecular weight excluding hydrogens is 406 g/mol. The number of aromatic amines is 2. The molecule has 0 amide bonds. The second-order valence-electron chi connectivity index (χ2n) is 6.56. The van der Waals surface area contributed by atoms with Gasteiger partial charge in [-0.1, -0.05) is 64.5 Å². The van der Waals surface area contributed by atoms with E-state index in [-0.39, 0.29) is 11.5 Å². The van der Waals surface area contributed by atoms with Crippen LogP contribution in [0, 0.1) is 0 Å². The summed E-state index contributed by atoms with van der Waals surface area (Å²) in [5, 5.41) is 5.43. The van der Waals surface area contributed by atoms with Crippen molar-refractivity contribution in [3.05, 3.63) is 103 Å². The molecule has 5 nitrogen and oxygen atoms in total. The molecule has 1 aliphatic heterocycles. The van der Waals surface area contributed by atoms with E-state index in [1.807, 2.05) is 54.6 Å². The fourth-order valence-corrected chi connectivity index (χ4v) is 4.08. The fourth-order valence-electron chi connectivity index (χ4n) is 3.82. The van der Waals surface area contributed by atoms with Gasteiger partial charge < -0.3 is 5.32 Å². The van der Waals surface area contributed by atoms with Gasteiger partial charge in [0, 0.05) is 15.8 Å². The molecule has 27 heavy (non-hydrogen) atoms.